The number of ether oxygens (including phenoxy) is 1. The van der Waals surface area contributed by atoms with Crippen molar-refractivity contribution in [2.75, 3.05) is 13.7 Å². The second-order valence-corrected chi connectivity index (χ2v) is 5.66. The topological polar surface area (TPSA) is 119 Å². The zero-order valence-electron chi connectivity index (χ0n) is 12.7. The van der Waals surface area contributed by atoms with E-state index in [2.05, 4.69) is 5.32 Å². The molecular weight excluding hydrogens is 304 g/mol. The lowest BCUT2D eigenvalue weighted by molar-refractivity contribution is -0.384. The Morgan fingerprint density at radius 1 is 1.35 bits per heavy atom. The number of methoxy groups -OCH3 is 1. The molecule has 0 aromatic heterocycles. The number of nitrogens with one attached hydrogen (secondary N) is 1. The highest BCUT2D eigenvalue weighted by atomic mass is 16.6. The first-order valence-electron chi connectivity index (χ1n) is 7.21. The zero-order valence-corrected chi connectivity index (χ0v) is 12.7. The van der Waals surface area contributed by atoms with Gasteiger partial charge in [0, 0.05) is 37.0 Å². The first-order chi connectivity index (χ1) is 10.9. The van der Waals surface area contributed by atoms with Crippen LogP contribution in [0.2, 0.25) is 0 Å². The van der Waals surface area contributed by atoms with Gasteiger partial charge in [0.2, 0.25) is 0 Å². The third-order valence-electron chi connectivity index (χ3n) is 4.11. The summed E-state index contributed by atoms with van der Waals surface area (Å²) in [6.45, 7) is 0.496. The van der Waals surface area contributed by atoms with Crippen molar-refractivity contribution in [1.29, 1.82) is 0 Å². The molecule has 1 aliphatic rings. The van der Waals surface area contributed by atoms with Gasteiger partial charge in [-0.25, -0.2) is 4.79 Å². The molecular formula is C15H18N2O6. The van der Waals surface area contributed by atoms with Crippen molar-refractivity contribution in [2.24, 2.45) is 0 Å². The van der Waals surface area contributed by atoms with Crippen LogP contribution in [0.25, 0.3) is 0 Å². The van der Waals surface area contributed by atoms with Gasteiger partial charge in [-0.15, -0.1) is 0 Å². The molecule has 1 fully saturated rings. The third-order valence-corrected chi connectivity index (χ3v) is 4.11. The Hall–Kier alpha value is -2.48. The van der Waals surface area contributed by atoms with E-state index in [0.29, 0.717) is 13.0 Å². The average molecular weight is 322 g/mol. The van der Waals surface area contributed by atoms with Crippen molar-refractivity contribution < 1.29 is 24.4 Å². The molecule has 0 saturated heterocycles. The lowest BCUT2D eigenvalue weighted by Crippen LogP contribution is -2.54. The number of nitrogens with zero attached hydrogens (tertiary/aromatic N) is 1. The predicted octanol–water partition coefficient (Wildman–Crippen LogP) is 1.98. The molecule has 23 heavy (non-hydrogen) atoms. The van der Waals surface area contributed by atoms with Crippen LogP contribution in [-0.2, 0) is 4.74 Å². The number of carbonyl (C=O) groups is 2. The van der Waals surface area contributed by atoms with Gasteiger partial charge < -0.3 is 15.2 Å². The summed E-state index contributed by atoms with van der Waals surface area (Å²) in [5.41, 5.74) is -1.11. The van der Waals surface area contributed by atoms with Crippen molar-refractivity contribution in [3.05, 3.63) is 39.4 Å². The summed E-state index contributed by atoms with van der Waals surface area (Å²) in [5, 5.41) is 22.8. The van der Waals surface area contributed by atoms with Crippen LogP contribution >= 0.6 is 0 Å². The van der Waals surface area contributed by atoms with E-state index in [0.717, 1.165) is 37.5 Å². The number of nitro benzene ring substituents is 1. The van der Waals surface area contributed by atoms with Crippen molar-refractivity contribution in [3.63, 3.8) is 0 Å². The van der Waals surface area contributed by atoms with Gasteiger partial charge in [-0.2, -0.15) is 0 Å². The number of hydrogen-bond donors (Lipinski definition) is 2. The Kier molecular flexibility index (Phi) is 4.95. The van der Waals surface area contributed by atoms with Gasteiger partial charge in [-0.1, -0.05) is 0 Å². The van der Waals surface area contributed by atoms with Crippen molar-refractivity contribution in [3.8, 4) is 0 Å². The van der Waals surface area contributed by atoms with E-state index >= 15 is 0 Å². The molecule has 0 heterocycles. The van der Waals surface area contributed by atoms with Gasteiger partial charge in [-0.3, -0.25) is 14.9 Å². The third kappa shape index (κ3) is 3.84. The molecule has 124 valence electrons. The van der Waals surface area contributed by atoms with Crippen LogP contribution in [-0.4, -0.2) is 41.2 Å². The number of amides is 1. The SMILES string of the molecule is COCCC1(NC(=O)c2cc(C(=O)O)cc([N+](=O)[O-])c2)CCC1. The number of non-ortho nitro benzene ring substituents is 1. The first-order valence-corrected chi connectivity index (χ1v) is 7.21. The van der Waals surface area contributed by atoms with E-state index in [1.807, 2.05) is 0 Å². The summed E-state index contributed by atoms with van der Waals surface area (Å²) in [6, 6.07) is 3.17. The second-order valence-electron chi connectivity index (χ2n) is 5.66. The quantitative estimate of drug-likeness (QED) is 0.585. The number of aromatic carboxylic acids is 1. The van der Waals surface area contributed by atoms with Gasteiger partial charge in [0.15, 0.2) is 0 Å². The van der Waals surface area contributed by atoms with Gasteiger partial charge in [0.25, 0.3) is 11.6 Å². The largest absolute Gasteiger partial charge is 0.478 e. The molecule has 0 unspecified atom stereocenters. The van der Waals surface area contributed by atoms with E-state index in [4.69, 9.17) is 9.84 Å². The smallest absolute Gasteiger partial charge is 0.335 e. The van der Waals surface area contributed by atoms with Crippen LogP contribution in [0.1, 0.15) is 46.4 Å². The molecule has 8 heteroatoms. The summed E-state index contributed by atoms with van der Waals surface area (Å²) in [4.78, 5) is 33.7. The van der Waals surface area contributed by atoms with Crippen LogP contribution in [0.4, 0.5) is 5.69 Å². The van der Waals surface area contributed by atoms with Crippen molar-refractivity contribution >= 4 is 17.6 Å². The number of hydrogen-bond acceptors (Lipinski definition) is 5. The molecule has 0 spiro atoms. The lowest BCUT2D eigenvalue weighted by Gasteiger charge is -2.42. The minimum absolute atomic E-state index is 0.0275. The Morgan fingerprint density at radius 2 is 2.00 bits per heavy atom. The van der Waals surface area contributed by atoms with Gasteiger partial charge in [0.05, 0.1) is 10.5 Å². The number of benzene rings is 1. The van der Waals surface area contributed by atoms with Crippen LogP contribution in [0, 0.1) is 10.1 Å². The molecule has 0 radical (unpaired) electrons. The lowest BCUT2D eigenvalue weighted by atomic mass is 9.74. The molecule has 0 aliphatic heterocycles. The summed E-state index contributed by atoms with van der Waals surface area (Å²) >= 11 is 0. The Balaban J connectivity index is 2.24. The Morgan fingerprint density at radius 3 is 2.48 bits per heavy atom. The average Bonchev–Trinajstić information content (AvgIpc) is 2.48. The fraction of sp³-hybridized carbons (Fsp3) is 0.467. The first kappa shape index (κ1) is 16.9. The highest BCUT2D eigenvalue weighted by Gasteiger charge is 2.38. The Bertz CT molecular complexity index is 607. The molecule has 0 atom stereocenters. The van der Waals surface area contributed by atoms with Gasteiger partial charge >= 0.3 is 5.97 Å². The number of carboxylic acids is 1. The number of nitro groups is 1. The minimum atomic E-state index is -1.32. The number of carboxylic acid groups (broad SMARTS) is 1. The fourth-order valence-electron chi connectivity index (χ4n) is 2.62. The zero-order chi connectivity index (χ0) is 17.0. The highest BCUT2D eigenvalue weighted by Crippen LogP contribution is 2.35. The van der Waals surface area contributed by atoms with Gasteiger partial charge in [-0.05, 0) is 31.7 Å². The summed E-state index contributed by atoms with van der Waals surface area (Å²) in [6.07, 6.45) is 3.25. The van der Waals surface area contributed by atoms with E-state index < -0.39 is 22.5 Å². The number of rotatable bonds is 7. The summed E-state index contributed by atoms with van der Waals surface area (Å²) < 4.78 is 5.04. The van der Waals surface area contributed by atoms with Crippen LogP contribution in [0.15, 0.2) is 18.2 Å². The van der Waals surface area contributed by atoms with E-state index in [1.54, 1.807) is 7.11 Å². The van der Waals surface area contributed by atoms with Crippen LogP contribution in [0.3, 0.4) is 0 Å². The molecule has 8 nitrogen and oxygen atoms in total. The van der Waals surface area contributed by atoms with Crippen LogP contribution in [0.5, 0.6) is 0 Å². The fourth-order valence-corrected chi connectivity index (χ4v) is 2.62. The van der Waals surface area contributed by atoms with Gasteiger partial charge in [0.1, 0.15) is 0 Å². The molecule has 1 amide bonds. The van der Waals surface area contributed by atoms with Crippen LogP contribution < -0.4 is 5.32 Å². The highest BCUT2D eigenvalue weighted by molar-refractivity contribution is 5.98. The maximum Gasteiger partial charge on any atom is 0.335 e. The maximum absolute atomic E-state index is 12.4. The molecule has 1 aromatic carbocycles. The van der Waals surface area contributed by atoms with E-state index in [-0.39, 0.29) is 16.7 Å². The monoisotopic (exact) mass is 322 g/mol. The standard InChI is InChI=1S/C15H18N2O6/c1-23-6-5-15(3-2-4-15)16-13(18)10-7-11(14(19)20)9-12(8-10)17(21)22/h7-9H,2-6H2,1H3,(H,16,18)(H,19,20). The minimum Gasteiger partial charge on any atom is -0.478 e. The van der Waals surface area contributed by atoms with Crippen molar-refractivity contribution in [1.82, 2.24) is 5.32 Å². The molecule has 1 aliphatic carbocycles. The number of carbonyl (C=O) groups excluding carboxylic acids is 1. The normalized spacial score (nSPS) is 15.5. The molecule has 2 rings (SSSR count). The van der Waals surface area contributed by atoms with E-state index in [1.165, 1.54) is 0 Å². The molecule has 1 saturated carbocycles. The maximum atomic E-state index is 12.4. The molecule has 1 aromatic rings. The van der Waals surface area contributed by atoms with E-state index in [9.17, 15) is 19.7 Å². The second kappa shape index (κ2) is 6.74. The summed E-state index contributed by atoms with van der Waals surface area (Å²) in [7, 11) is 1.58. The van der Waals surface area contributed by atoms with Crippen molar-refractivity contribution in [2.45, 2.75) is 31.2 Å². The Labute approximate surface area is 132 Å². The molecule has 0 bridgehead atoms. The summed E-state index contributed by atoms with van der Waals surface area (Å²) in [5.74, 6) is -1.83. The predicted molar refractivity (Wildman–Crippen MR) is 80.6 cm³/mol. The molecule has 2 N–H and O–H groups in total.